The van der Waals surface area contributed by atoms with Crippen molar-refractivity contribution in [1.82, 2.24) is 14.1 Å². The first-order valence-corrected chi connectivity index (χ1v) is 11.6. The Hall–Kier alpha value is -3.07. The minimum atomic E-state index is -3.79. The Morgan fingerprint density at radius 3 is 2.29 bits per heavy atom. The first-order valence-electron chi connectivity index (χ1n) is 10.2. The predicted octanol–water partition coefficient (Wildman–Crippen LogP) is 3.33. The molecule has 1 aliphatic heterocycles. The first-order chi connectivity index (χ1) is 14.7. The maximum Gasteiger partial charge on any atom is 0.410 e. The summed E-state index contributed by atoms with van der Waals surface area (Å²) >= 11 is 0. The summed E-state index contributed by atoms with van der Waals surface area (Å²) < 4.78 is 32.7. The van der Waals surface area contributed by atoms with Crippen LogP contribution in [-0.4, -0.2) is 60.4 Å². The third-order valence-corrected chi connectivity index (χ3v) is 6.71. The Bertz CT molecular complexity index is 1190. The van der Waals surface area contributed by atoms with Crippen molar-refractivity contribution in [2.24, 2.45) is 0 Å². The lowest BCUT2D eigenvalue weighted by molar-refractivity contribution is 0.0240. The van der Waals surface area contributed by atoms with Gasteiger partial charge >= 0.3 is 6.09 Å². The summed E-state index contributed by atoms with van der Waals surface area (Å²) in [6.45, 7) is 7.85. The van der Waals surface area contributed by atoms with E-state index in [1.54, 1.807) is 47.5 Å². The van der Waals surface area contributed by atoms with Crippen LogP contribution in [0.3, 0.4) is 0 Å². The van der Waals surface area contributed by atoms with Gasteiger partial charge in [0.25, 0.3) is 10.0 Å². The smallest absolute Gasteiger partial charge is 0.410 e. The van der Waals surface area contributed by atoms with Crippen LogP contribution >= 0.6 is 0 Å². The molecule has 164 valence electrons. The summed E-state index contributed by atoms with van der Waals surface area (Å²) in [6, 6.07) is 13.8. The highest BCUT2D eigenvalue weighted by molar-refractivity contribution is 7.90. The molecule has 0 spiro atoms. The normalized spacial score (nSPS) is 15.3. The van der Waals surface area contributed by atoms with Crippen LogP contribution in [0.25, 0.3) is 10.9 Å². The highest BCUT2D eigenvalue weighted by Crippen LogP contribution is 2.29. The van der Waals surface area contributed by atoms with E-state index in [1.807, 2.05) is 32.9 Å². The van der Waals surface area contributed by atoms with E-state index in [9.17, 15) is 13.2 Å². The van der Waals surface area contributed by atoms with Gasteiger partial charge in [0.05, 0.1) is 16.6 Å². The highest BCUT2D eigenvalue weighted by atomic mass is 32.2. The summed E-state index contributed by atoms with van der Waals surface area (Å²) in [4.78, 5) is 16.4. The lowest BCUT2D eigenvalue weighted by Gasteiger charge is -2.37. The van der Waals surface area contributed by atoms with Crippen molar-refractivity contribution in [3.8, 4) is 0 Å². The molecule has 3 aromatic rings. The molecule has 0 aliphatic carbocycles. The van der Waals surface area contributed by atoms with Crippen molar-refractivity contribution in [3.05, 3.63) is 54.7 Å². The Morgan fingerprint density at radius 1 is 0.968 bits per heavy atom. The monoisotopic (exact) mass is 442 g/mol. The van der Waals surface area contributed by atoms with Crippen LogP contribution in [0.4, 0.5) is 10.5 Å². The van der Waals surface area contributed by atoms with Gasteiger partial charge in [0.2, 0.25) is 0 Å². The molecule has 0 saturated carbocycles. The summed E-state index contributed by atoms with van der Waals surface area (Å²) in [5, 5.41) is 4.96. The number of piperazine rings is 1. The van der Waals surface area contributed by atoms with Gasteiger partial charge in [0, 0.05) is 37.3 Å². The quantitative estimate of drug-likeness (QED) is 0.619. The number of rotatable bonds is 3. The molecule has 0 atom stereocenters. The largest absolute Gasteiger partial charge is 0.444 e. The summed E-state index contributed by atoms with van der Waals surface area (Å²) in [7, 11) is -3.79. The fourth-order valence-electron chi connectivity index (χ4n) is 3.63. The molecular formula is C22H26N4O4S. The Kier molecular flexibility index (Phi) is 5.38. The lowest BCUT2D eigenvalue weighted by atomic mass is 10.2. The van der Waals surface area contributed by atoms with E-state index < -0.39 is 15.6 Å². The molecular weight excluding hydrogens is 416 g/mol. The molecule has 1 saturated heterocycles. The van der Waals surface area contributed by atoms with Crippen LogP contribution in [0, 0.1) is 0 Å². The number of nitrogens with zero attached hydrogens (tertiary/aromatic N) is 4. The maximum atomic E-state index is 13.1. The number of aromatic nitrogens is 2. The van der Waals surface area contributed by atoms with Crippen molar-refractivity contribution in [2.45, 2.75) is 31.3 Å². The van der Waals surface area contributed by atoms with Gasteiger partial charge in [-0.25, -0.2) is 4.79 Å². The maximum absolute atomic E-state index is 13.1. The number of ether oxygens (including phenoxy) is 1. The molecule has 2 heterocycles. The van der Waals surface area contributed by atoms with Gasteiger partial charge in [0.1, 0.15) is 5.60 Å². The van der Waals surface area contributed by atoms with E-state index in [1.165, 1.54) is 0 Å². The molecule has 0 bridgehead atoms. The lowest BCUT2D eigenvalue weighted by Crippen LogP contribution is -2.50. The van der Waals surface area contributed by atoms with E-state index in [4.69, 9.17) is 4.74 Å². The molecule has 1 aliphatic rings. The standard InChI is InChI=1S/C22H26N4O4S/c1-22(2,3)30-21(27)25-14-12-24(13-15-25)19-10-7-11-20-18(19)16-23-26(20)31(28,29)17-8-5-4-6-9-17/h4-11,16H,12-15H2,1-3H3. The predicted molar refractivity (Wildman–Crippen MR) is 119 cm³/mol. The van der Waals surface area contributed by atoms with Crippen molar-refractivity contribution >= 4 is 32.7 Å². The molecule has 1 amide bonds. The zero-order valence-corrected chi connectivity index (χ0v) is 18.7. The fourth-order valence-corrected chi connectivity index (χ4v) is 4.92. The van der Waals surface area contributed by atoms with Gasteiger partial charge in [0.15, 0.2) is 0 Å². The number of benzene rings is 2. The average molecular weight is 443 g/mol. The molecule has 31 heavy (non-hydrogen) atoms. The number of fused-ring (bicyclic) bond motifs is 1. The number of hydrogen-bond donors (Lipinski definition) is 0. The van der Waals surface area contributed by atoms with Gasteiger partial charge in [-0.1, -0.05) is 24.3 Å². The molecule has 8 nitrogen and oxygen atoms in total. The van der Waals surface area contributed by atoms with E-state index >= 15 is 0 Å². The third-order valence-electron chi connectivity index (χ3n) is 5.10. The Balaban J connectivity index is 1.58. The van der Waals surface area contributed by atoms with Gasteiger partial charge in [-0.3, -0.25) is 0 Å². The van der Waals surface area contributed by atoms with E-state index in [0.717, 1.165) is 15.2 Å². The number of hydrogen-bond acceptors (Lipinski definition) is 6. The minimum absolute atomic E-state index is 0.191. The van der Waals surface area contributed by atoms with Gasteiger partial charge in [-0.05, 0) is 45.0 Å². The highest BCUT2D eigenvalue weighted by Gasteiger charge is 2.27. The second kappa shape index (κ2) is 7.88. The summed E-state index contributed by atoms with van der Waals surface area (Å²) in [5.74, 6) is 0. The van der Waals surface area contributed by atoms with Crippen LogP contribution < -0.4 is 4.90 Å². The summed E-state index contributed by atoms with van der Waals surface area (Å²) in [6.07, 6.45) is 1.28. The number of carbonyl (C=O) groups excluding carboxylic acids is 1. The van der Waals surface area contributed by atoms with Crippen molar-refractivity contribution in [3.63, 3.8) is 0 Å². The second-order valence-electron chi connectivity index (χ2n) is 8.47. The van der Waals surface area contributed by atoms with Crippen LogP contribution in [0.15, 0.2) is 59.6 Å². The van der Waals surface area contributed by atoms with Crippen LogP contribution in [0.1, 0.15) is 20.8 Å². The molecule has 1 fully saturated rings. The summed E-state index contributed by atoms with van der Waals surface area (Å²) in [5.41, 5.74) is 0.894. The third kappa shape index (κ3) is 4.23. The minimum Gasteiger partial charge on any atom is -0.444 e. The van der Waals surface area contributed by atoms with Crippen molar-refractivity contribution < 1.29 is 17.9 Å². The molecule has 2 aromatic carbocycles. The molecule has 1 aromatic heterocycles. The average Bonchev–Trinajstić information content (AvgIpc) is 3.18. The molecule has 9 heteroatoms. The number of amides is 1. The van der Waals surface area contributed by atoms with E-state index in [2.05, 4.69) is 10.00 Å². The number of carbonyl (C=O) groups is 1. The van der Waals surface area contributed by atoms with E-state index in [0.29, 0.717) is 31.7 Å². The molecule has 0 radical (unpaired) electrons. The van der Waals surface area contributed by atoms with Crippen molar-refractivity contribution in [1.29, 1.82) is 0 Å². The van der Waals surface area contributed by atoms with Crippen molar-refractivity contribution in [2.75, 3.05) is 31.1 Å². The Labute approximate surface area is 182 Å². The molecule has 0 N–H and O–H groups in total. The first kappa shape index (κ1) is 21.2. The van der Waals surface area contributed by atoms with Gasteiger partial charge in [-0.15, -0.1) is 0 Å². The SMILES string of the molecule is CC(C)(C)OC(=O)N1CCN(c2cccc3c2cnn3S(=O)(=O)c2ccccc2)CC1. The van der Waals surface area contributed by atoms with Gasteiger partial charge < -0.3 is 14.5 Å². The van der Waals surface area contributed by atoms with Gasteiger partial charge in [-0.2, -0.15) is 17.6 Å². The van der Waals surface area contributed by atoms with Crippen LogP contribution in [0.2, 0.25) is 0 Å². The second-order valence-corrected chi connectivity index (χ2v) is 10.2. The van der Waals surface area contributed by atoms with E-state index in [-0.39, 0.29) is 11.0 Å². The topological polar surface area (TPSA) is 84.7 Å². The van der Waals surface area contributed by atoms with Crippen LogP contribution in [-0.2, 0) is 14.8 Å². The zero-order chi connectivity index (χ0) is 22.2. The Morgan fingerprint density at radius 2 is 1.65 bits per heavy atom. The molecule has 0 unspecified atom stereocenters. The number of anilines is 1. The van der Waals surface area contributed by atoms with Crippen LogP contribution in [0.5, 0.6) is 0 Å². The zero-order valence-electron chi connectivity index (χ0n) is 17.9. The molecule has 4 rings (SSSR count). The fraction of sp³-hybridized carbons (Fsp3) is 0.364.